The van der Waals surface area contributed by atoms with Crippen molar-refractivity contribution in [2.24, 2.45) is 5.92 Å². The fraction of sp³-hybridized carbons (Fsp3) is 0.364. The van der Waals surface area contributed by atoms with E-state index in [1.54, 1.807) is 18.2 Å². The molecule has 19 heavy (non-hydrogen) atoms. The average Bonchev–Trinajstić information content (AvgIpc) is 2.36. The Kier molecular flexibility index (Phi) is 10.4. The third-order valence-electron chi connectivity index (χ3n) is 2.27. The van der Waals surface area contributed by atoms with Gasteiger partial charge in [-0.25, -0.2) is 0 Å². The molecule has 1 amide bonds. The van der Waals surface area contributed by atoms with Crippen molar-refractivity contribution in [3.63, 3.8) is 0 Å². The number of hydrogen-bond acceptors (Lipinski definition) is 5. The molecule has 0 saturated heterocycles. The largest absolute Gasteiger partial charge is 1.00 e. The second-order valence-corrected chi connectivity index (χ2v) is 5.13. The van der Waals surface area contributed by atoms with Crippen LogP contribution in [0, 0.1) is 12.8 Å². The Morgan fingerprint density at radius 3 is 2.79 bits per heavy atom. The summed E-state index contributed by atoms with van der Waals surface area (Å²) in [6.07, 6.45) is 0. The van der Waals surface area contributed by atoms with E-state index in [1.807, 2.05) is 13.8 Å². The first kappa shape index (κ1) is 19.4. The topological polar surface area (TPSA) is 70.6 Å². The Labute approximate surface area is 146 Å². The van der Waals surface area contributed by atoms with E-state index in [0.717, 1.165) is 22.5 Å². The van der Waals surface area contributed by atoms with E-state index in [9.17, 15) is 10.1 Å². The molecule has 100 valence electrons. The summed E-state index contributed by atoms with van der Waals surface area (Å²) >= 11 is 4.09. The Morgan fingerprint density at radius 2 is 2.26 bits per heavy atom. The number of amides is 1. The van der Waals surface area contributed by atoms with Crippen molar-refractivity contribution in [3.8, 4) is 0 Å². The van der Waals surface area contributed by atoms with Crippen LogP contribution in [0.5, 0.6) is 0 Å². The molecular formula is C11H13BrNNaO4S. The van der Waals surface area contributed by atoms with Crippen LogP contribution in [0.1, 0.15) is 12.5 Å². The van der Waals surface area contributed by atoms with Crippen molar-refractivity contribution >= 4 is 39.6 Å². The van der Waals surface area contributed by atoms with E-state index in [2.05, 4.69) is 30.6 Å². The molecule has 0 spiro atoms. The number of halogens is 1. The number of benzene rings is 1. The summed E-state index contributed by atoms with van der Waals surface area (Å²) in [5.74, 6) is -0.151. The summed E-state index contributed by atoms with van der Waals surface area (Å²) in [6, 6.07) is 5.28. The summed E-state index contributed by atoms with van der Waals surface area (Å²) in [5, 5.41) is 16.4. The van der Waals surface area contributed by atoms with Crippen LogP contribution in [0.2, 0.25) is 0 Å². The zero-order chi connectivity index (χ0) is 13.5. The molecule has 1 aromatic carbocycles. The number of carbonyl (C=O) groups excluding carboxylic acids is 1. The van der Waals surface area contributed by atoms with Crippen molar-refractivity contribution < 1.29 is 49.0 Å². The molecule has 5 nitrogen and oxygen atoms in total. The smallest absolute Gasteiger partial charge is 0.691 e. The van der Waals surface area contributed by atoms with Crippen LogP contribution in [0.3, 0.4) is 0 Å². The zero-order valence-corrected chi connectivity index (χ0v) is 15.3. The van der Waals surface area contributed by atoms with Gasteiger partial charge in [0.25, 0.3) is 0 Å². The molecule has 0 aliphatic rings. The molecular weight excluding hydrogens is 345 g/mol. The van der Waals surface area contributed by atoms with Crippen molar-refractivity contribution in [1.29, 1.82) is 0 Å². The number of carbonyl (C=O) groups is 1. The molecule has 0 aromatic heterocycles. The number of rotatable bonds is 6. The van der Waals surface area contributed by atoms with Gasteiger partial charge in [-0.2, -0.15) is 4.33 Å². The summed E-state index contributed by atoms with van der Waals surface area (Å²) in [4.78, 5) is 12.4. The third-order valence-corrected chi connectivity index (χ3v) is 4.01. The second-order valence-electron chi connectivity index (χ2n) is 3.74. The summed E-state index contributed by atoms with van der Waals surface area (Å²) in [7, 11) is 0. The van der Waals surface area contributed by atoms with Gasteiger partial charge in [0.1, 0.15) is 0 Å². The van der Waals surface area contributed by atoms with Gasteiger partial charge in [0.15, 0.2) is 0 Å². The van der Waals surface area contributed by atoms with E-state index in [4.69, 9.17) is 0 Å². The van der Waals surface area contributed by atoms with Crippen LogP contribution >= 0.6 is 28.0 Å². The molecule has 0 aliphatic heterocycles. The maximum Gasteiger partial charge on any atom is 1.00 e. The van der Waals surface area contributed by atoms with E-state index < -0.39 is 0 Å². The van der Waals surface area contributed by atoms with E-state index in [-0.39, 0.29) is 41.4 Å². The van der Waals surface area contributed by atoms with Gasteiger partial charge in [-0.1, -0.05) is 22.9 Å². The Balaban J connectivity index is 0.00000324. The molecule has 1 unspecified atom stereocenters. The molecule has 0 radical (unpaired) electrons. The van der Waals surface area contributed by atoms with Crippen molar-refractivity contribution in [3.05, 3.63) is 23.8 Å². The van der Waals surface area contributed by atoms with Crippen LogP contribution in [0.25, 0.3) is 0 Å². The molecule has 8 heteroatoms. The van der Waals surface area contributed by atoms with Gasteiger partial charge in [0, 0.05) is 21.8 Å². The Hall–Kier alpha value is 0.400. The zero-order valence-electron chi connectivity index (χ0n) is 10.9. The molecule has 1 aromatic rings. The molecule has 0 heterocycles. The van der Waals surface area contributed by atoms with Gasteiger partial charge in [0.2, 0.25) is 5.91 Å². The van der Waals surface area contributed by atoms with Gasteiger partial charge >= 0.3 is 29.6 Å². The van der Waals surface area contributed by atoms with Gasteiger partial charge in [-0.3, -0.25) is 9.83 Å². The Morgan fingerprint density at radius 1 is 1.58 bits per heavy atom. The summed E-state index contributed by atoms with van der Waals surface area (Å²) in [5.41, 5.74) is 1.58. The molecule has 1 atom stereocenters. The first-order valence-corrected chi connectivity index (χ1v) is 7.05. The maximum absolute atomic E-state index is 11.7. The minimum absolute atomic E-state index is 0. The fourth-order valence-corrected chi connectivity index (χ4v) is 1.92. The molecule has 1 N–H and O–H groups in total. The minimum atomic E-state index is -0.100. The standard InChI is InChI=1S/C11H14BrNO4S.Na/c1-7-5-9(13-11(14)8(2)6-12)3-4-10(7)18-17-16-15;/h3-5,8,15H,6H2,1-2H3,(H,13,14);/q;+1/p-1. The monoisotopic (exact) mass is 357 g/mol. The number of alkyl halides is 1. The summed E-state index contributed by atoms with van der Waals surface area (Å²) in [6.45, 7) is 3.68. The van der Waals surface area contributed by atoms with Crippen LogP contribution in [-0.2, 0) is 14.2 Å². The molecule has 0 bridgehead atoms. The van der Waals surface area contributed by atoms with E-state index >= 15 is 0 Å². The van der Waals surface area contributed by atoms with Crippen LogP contribution in [0.4, 0.5) is 5.69 Å². The number of aryl methyl sites for hydroxylation is 1. The molecule has 0 fully saturated rings. The molecule has 0 saturated carbocycles. The normalized spacial score (nSPS) is 11.6. The maximum atomic E-state index is 11.7. The van der Waals surface area contributed by atoms with Gasteiger partial charge < -0.3 is 10.6 Å². The average molecular weight is 358 g/mol. The summed E-state index contributed by atoms with van der Waals surface area (Å²) < 4.78 is 4.24. The van der Waals surface area contributed by atoms with Crippen LogP contribution in [-0.4, -0.2) is 11.2 Å². The van der Waals surface area contributed by atoms with Crippen molar-refractivity contribution in [2.75, 3.05) is 10.6 Å². The number of anilines is 1. The van der Waals surface area contributed by atoms with Gasteiger partial charge in [0.05, 0.1) is 12.0 Å². The van der Waals surface area contributed by atoms with Crippen molar-refractivity contribution in [2.45, 2.75) is 18.7 Å². The molecule has 1 rings (SSSR count). The molecule has 0 aliphatic carbocycles. The first-order valence-electron chi connectivity index (χ1n) is 5.19. The first-order chi connectivity index (χ1) is 8.58. The number of hydrogen-bond donors (Lipinski definition) is 1. The van der Waals surface area contributed by atoms with Gasteiger partial charge in [-0.15, -0.1) is 0 Å². The van der Waals surface area contributed by atoms with Crippen LogP contribution in [0.15, 0.2) is 23.1 Å². The predicted molar refractivity (Wildman–Crippen MR) is 70.8 cm³/mol. The number of nitrogens with one attached hydrogen (secondary N) is 1. The quantitative estimate of drug-likeness (QED) is 0.237. The van der Waals surface area contributed by atoms with E-state index in [0.29, 0.717) is 11.0 Å². The second kappa shape index (κ2) is 10.2. The van der Waals surface area contributed by atoms with Crippen LogP contribution < -0.4 is 40.1 Å². The minimum Gasteiger partial charge on any atom is -0.691 e. The van der Waals surface area contributed by atoms with Crippen molar-refractivity contribution in [1.82, 2.24) is 0 Å². The third kappa shape index (κ3) is 6.59. The Bertz CT molecular complexity index is 422. The predicted octanol–water partition coefficient (Wildman–Crippen LogP) is -0.801. The SMILES string of the molecule is Cc1cc(NC(=O)C(C)CBr)ccc1SOO[O-].[Na+]. The fourth-order valence-electron chi connectivity index (χ4n) is 1.21. The van der Waals surface area contributed by atoms with Gasteiger partial charge in [-0.05, 0) is 30.7 Å². The van der Waals surface area contributed by atoms with E-state index in [1.165, 1.54) is 0 Å².